The van der Waals surface area contributed by atoms with E-state index in [1.807, 2.05) is 6.07 Å². The molecule has 33 heavy (non-hydrogen) atoms. The Morgan fingerprint density at radius 1 is 1.30 bits per heavy atom. The minimum Gasteiger partial charge on any atom is -0.390 e. The minimum absolute atomic E-state index is 0.0893. The van der Waals surface area contributed by atoms with Crippen molar-refractivity contribution in [2.24, 2.45) is 0 Å². The molecule has 0 saturated heterocycles. The lowest BCUT2D eigenvalue weighted by Gasteiger charge is -2.16. The zero-order valence-electron chi connectivity index (χ0n) is 18.3. The third-order valence-electron chi connectivity index (χ3n) is 5.66. The number of aryl methyl sites for hydroxylation is 1. The Bertz CT molecular complexity index is 1130. The number of benzene rings is 1. The van der Waals surface area contributed by atoms with Gasteiger partial charge in [0, 0.05) is 24.4 Å². The molecule has 3 aromatic rings. The number of nitrogens with one attached hydrogen (secondary N) is 1. The molecule has 12 heteroatoms. The van der Waals surface area contributed by atoms with Crippen LogP contribution in [0, 0.1) is 10.1 Å². The summed E-state index contributed by atoms with van der Waals surface area (Å²) < 4.78 is 1.60. The molecule has 3 atom stereocenters. The second kappa shape index (κ2) is 10.4. The number of nitro benzene ring substituents is 1. The molecule has 0 aliphatic heterocycles. The average molecular weight is 474 g/mol. The predicted molar refractivity (Wildman–Crippen MR) is 124 cm³/mol. The normalized spacial score (nSPS) is 20.4. The van der Waals surface area contributed by atoms with Crippen molar-refractivity contribution in [2.75, 3.05) is 17.6 Å². The van der Waals surface area contributed by atoms with E-state index in [0.29, 0.717) is 47.9 Å². The maximum atomic E-state index is 11.0. The van der Waals surface area contributed by atoms with Gasteiger partial charge in [0.1, 0.15) is 6.10 Å². The fourth-order valence-electron chi connectivity index (χ4n) is 3.95. The van der Waals surface area contributed by atoms with Gasteiger partial charge in [-0.1, -0.05) is 36.0 Å². The van der Waals surface area contributed by atoms with E-state index >= 15 is 0 Å². The third kappa shape index (κ3) is 5.23. The largest absolute Gasteiger partial charge is 0.390 e. The van der Waals surface area contributed by atoms with E-state index in [0.717, 1.165) is 24.2 Å². The average Bonchev–Trinajstić information content (AvgIpc) is 3.38. The number of aliphatic hydroxyl groups is 2. The summed E-state index contributed by atoms with van der Waals surface area (Å²) in [4.78, 5) is 19.8. The number of anilines is 1. The van der Waals surface area contributed by atoms with Crippen molar-refractivity contribution in [3.05, 3.63) is 39.9 Å². The second-order valence-electron chi connectivity index (χ2n) is 8.07. The number of rotatable bonds is 10. The van der Waals surface area contributed by atoms with Crippen LogP contribution >= 0.6 is 11.8 Å². The Kier molecular flexibility index (Phi) is 7.36. The molecule has 0 radical (unpaired) electrons. The summed E-state index contributed by atoms with van der Waals surface area (Å²) in [5, 5.41) is 43.7. The minimum atomic E-state index is -0.914. The van der Waals surface area contributed by atoms with Gasteiger partial charge in [-0.25, -0.2) is 14.6 Å². The zero-order chi connectivity index (χ0) is 23.4. The van der Waals surface area contributed by atoms with Crippen LogP contribution in [0.25, 0.3) is 11.2 Å². The monoisotopic (exact) mass is 473 g/mol. The fourth-order valence-corrected chi connectivity index (χ4v) is 4.64. The first-order chi connectivity index (χ1) is 16.0. The van der Waals surface area contributed by atoms with Crippen molar-refractivity contribution in [3.63, 3.8) is 0 Å². The van der Waals surface area contributed by atoms with E-state index in [4.69, 9.17) is 0 Å². The first kappa shape index (κ1) is 23.3. The lowest BCUT2D eigenvalue weighted by Crippen LogP contribution is -2.28. The van der Waals surface area contributed by atoms with Gasteiger partial charge in [-0.05, 0) is 37.7 Å². The second-order valence-corrected chi connectivity index (χ2v) is 9.13. The van der Waals surface area contributed by atoms with Gasteiger partial charge in [0.15, 0.2) is 22.1 Å². The van der Waals surface area contributed by atoms with Crippen molar-refractivity contribution in [3.8, 4) is 0 Å². The molecular formula is C21H27N7O4S. The number of aliphatic hydroxyl groups excluding tert-OH is 2. The molecule has 2 heterocycles. The summed E-state index contributed by atoms with van der Waals surface area (Å²) in [7, 11) is 0. The van der Waals surface area contributed by atoms with Gasteiger partial charge in [0.25, 0.3) is 5.69 Å². The molecule has 3 N–H and O–H groups in total. The van der Waals surface area contributed by atoms with E-state index in [1.165, 1.54) is 17.8 Å². The topological polar surface area (TPSA) is 152 Å². The van der Waals surface area contributed by atoms with E-state index in [-0.39, 0.29) is 11.7 Å². The first-order valence-corrected chi connectivity index (χ1v) is 12.1. The Balaban J connectivity index is 1.51. The molecule has 0 unspecified atom stereocenters. The number of nitro groups is 1. The van der Waals surface area contributed by atoms with Gasteiger partial charge in [-0.3, -0.25) is 10.1 Å². The van der Waals surface area contributed by atoms with Crippen molar-refractivity contribution in [1.82, 2.24) is 25.0 Å². The highest BCUT2D eigenvalue weighted by Gasteiger charge is 2.37. The van der Waals surface area contributed by atoms with Crippen LogP contribution in [0.3, 0.4) is 0 Å². The number of thioether (sulfide) groups is 1. The Hall–Kier alpha value is -2.83. The van der Waals surface area contributed by atoms with E-state index in [2.05, 4.69) is 32.5 Å². The van der Waals surface area contributed by atoms with Gasteiger partial charge >= 0.3 is 0 Å². The van der Waals surface area contributed by atoms with E-state index < -0.39 is 17.1 Å². The summed E-state index contributed by atoms with van der Waals surface area (Å²) >= 11 is 1.54. The molecule has 0 amide bonds. The molecule has 1 fully saturated rings. The van der Waals surface area contributed by atoms with Crippen molar-refractivity contribution < 1.29 is 15.1 Å². The van der Waals surface area contributed by atoms with Crippen molar-refractivity contribution in [2.45, 2.75) is 62.4 Å². The quantitative estimate of drug-likeness (QED) is 0.132. The molecule has 0 bridgehead atoms. The van der Waals surface area contributed by atoms with Crippen LogP contribution in [0.15, 0.2) is 29.4 Å². The smallest absolute Gasteiger partial charge is 0.269 e. The van der Waals surface area contributed by atoms with E-state index in [9.17, 15) is 20.3 Å². The molecule has 4 rings (SSSR count). The van der Waals surface area contributed by atoms with Gasteiger partial charge in [0.2, 0.25) is 0 Å². The maximum Gasteiger partial charge on any atom is 0.269 e. The molecule has 0 spiro atoms. The molecular weight excluding hydrogens is 446 g/mol. The molecule has 2 aromatic heterocycles. The number of aromatic nitrogens is 5. The van der Waals surface area contributed by atoms with Crippen LogP contribution in [0.2, 0.25) is 0 Å². The Morgan fingerprint density at radius 2 is 2.15 bits per heavy atom. The standard InChI is InChI=1S/C21H27N7O4S/c1-2-11-33-21-23-19(22-10-4-6-13-5-3-7-14(12-13)28(31)32)17-20(24-21)27(26-25-17)15-8-9-16(29)18(15)30/h3,5,7,12,15-16,18,29-30H,2,4,6,8-11H2,1H3,(H,22,23,24)/t15-,16-,18+/m1/s1. The molecule has 176 valence electrons. The summed E-state index contributed by atoms with van der Waals surface area (Å²) in [6, 6.07) is 6.26. The highest BCUT2D eigenvalue weighted by molar-refractivity contribution is 7.99. The highest BCUT2D eigenvalue weighted by atomic mass is 32.2. The lowest BCUT2D eigenvalue weighted by molar-refractivity contribution is -0.384. The van der Waals surface area contributed by atoms with Gasteiger partial charge < -0.3 is 15.5 Å². The lowest BCUT2D eigenvalue weighted by atomic mass is 10.1. The third-order valence-corrected chi connectivity index (χ3v) is 6.71. The Morgan fingerprint density at radius 3 is 2.88 bits per heavy atom. The maximum absolute atomic E-state index is 11.0. The molecule has 11 nitrogen and oxygen atoms in total. The number of non-ortho nitro benzene ring substituents is 1. The van der Waals surface area contributed by atoms with Crippen LogP contribution in [0.5, 0.6) is 0 Å². The zero-order valence-corrected chi connectivity index (χ0v) is 19.1. The van der Waals surface area contributed by atoms with Gasteiger partial charge in [0.05, 0.1) is 17.1 Å². The first-order valence-electron chi connectivity index (χ1n) is 11.1. The summed E-state index contributed by atoms with van der Waals surface area (Å²) in [5.74, 6) is 1.43. The number of hydrogen-bond acceptors (Lipinski definition) is 10. The number of nitrogens with zero attached hydrogens (tertiary/aromatic N) is 6. The molecule has 1 aliphatic carbocycles. The molecule has 1 saturated carbocycles. The molecule has 1 aliphatic rings. The molecule has 1 aromatic carbocycles. The van der Waals surface area contributed by atoms with Crippen LogP contribution < -0.4 is 5.32 Å². The van der Waals surface area contributed by atoms with Gasteiger partial charge in [-0.2, -0.15) is 0 Å². The summed E-state index contributed by atoms with van der Waals surface area (Å²) in [5.41, 5.74) is 2.03. The highest BCUT2D eigenvalue weighted by Crippen LogP contribution is 2.33. The predicted octanol–water partition coefficient (Wildman–Crippen LogP) is 2.73. The van der Waals surface area contributed by atoms with E-state index in [1.54, 1.807) is 16.8 Å². The van der Waals surface area contributed by atoms with Crippen molar-refractivity contribution in [1.29, 1.82) is 0 Å². The van der Waals surface area contributed by atoms with Crippen LogP contribution in [0.1, 0.15) is 44.2 Å². The van der Waals surface area contributed by atoms with Crippen LogP contribution in [0.4, 0.5) is 11.5 Å². The Labute approximate surface area is 194 Å². The summed E-state index contributed by atoms with van der Waals surface area (Å²) in [6.45, 7) is 2.67. The number of hydrogen-bond donors (Lipinski definition) is 3. The fraction of sp³-hybridized carbons (Fsp3) is 0.524. The SMILES string of the molecule is CCCSc1nc(NCCCc2cccc([N+](=O)[O-])c2)c2nnn([C@@H]3CC[C@@H](O)[C@H]3O)c2n1. The van der Waals surface area contributed by atoms with Crippen LogP contribution in [-0.2, 0) is 6.42 Å². The van der Waals surface area contributed by atoms with Crippen LogP contribution in [-0.4, -0.2) is 64.6 Å². The summed E-state index contributed by atoms with van der Waals surface area (Å²) in [6.07, 6.45) is 1.79. The van der Waals surface area contributed by atoms with Crippen molar-refractivity contribution >= 4 is 34.4 Å². The van der Waals surface area contributed by atoms with Gasteiger partial charge in [-0.15, -0.1) is 5.10 Å². The number of fused-ring (bicyclic) bond motifs is 1.